The number of carbonyl (C=O) groups is 1. The van der Waals surface area contributed by atoms with Gasteiger partial charge in [-0.1, -0.05) is 29.8 Å². The van der Waals surface area contributed by atoms with Gasteiger partial charge in [-0.3, -0.25) is 4.79 Å². The van der Waals surface area contributed by atoms with Crippen molar-refractivity contribution in [2.75, 3.05) is 6.61 Å². The summed E-state index contributed by atoms with van der Waals surface area (Å²) >= 11 is 5.94. The molecule has 1 amide bonds. The highest BCUT2D eigenvalue weighted by atomic mass is 35.5. The van der Waals surface area contributed by atoms with Gasteiger partial charge in [0.25, 0.3) is 10.0 Å². The molecule has 23 heavy (non-hydrogen) atoms. The number of amides is 1. The highest BCUT2D eigenvalue weighted by Crippen LogP contribution is 2.36. The van der Waals surface area contributed by atoms with Crippen molar-refractivity contribution in [2.45, 2.75) is 17.7 Å². The molecule has 2 aromatic carbocycles. The summed E-state index contributed by atoms with van der Waals surface area (Å²) < 4.78 is 32.3. The summed E-state index contributed by atoms with van der Waals surface area (Å²) in [5, 5.41) is 0.466. The Morgan fingerprint density at radius 1 is 1.26 bits per heavy atom. The molecule has 0 saturated heterocycles. The molecule has 3 rings (SSSR count). The second kappa shape index (κ2) is 5.86. The Morgan fingerprint density at radius 2 is 2.00 bits per heavy atom. The Hall–Kier alpha value is -2.05. The number of nitrogens with one attached hydrogen (secondary N) is 1. The Bertz CT molecular complexity index is 879. The van der Waals surface area contributed by atoms with E-state index >= 15 is 0 Å². The lowest BCUT2D eigenvalue weighted by Gasteiger charge is -2.12. The van der Waals surface area contributed by atoms with Crippen LogP contribution in [0.1, 0.15) is 17.0 Å². The molecule has 7 heteroatoms. The van der Waals surface area contributed by atoms with Crippen LogP contribution >= 0.6 is 11.6 Å². The lowest BCUT2D eigenvalue weighted by molar-refractivity contribution is -0.120. The van der Waals surface area contributed by atoms with E-state index < -0.39 is 21.8 Å². The summed E-state index contributed by atoms with van der Waals surface area (Å²) in [5.41, 5.74) is 1.16. The molecule has 0 saturated carbocycles. The molecule has 1 unspecified atom stereocenters. The third-order valence-corrected chi connectivity index (χ3v) is 5.43. The molecule has 0 fully saturated rings. The van der Waals surface area contributed by atoms with Crippen molar-refractivity contribution in [1.82, 2.24) is 4.72 Å². The van der Waals surface area contributed by atoms with Gasteiger partial charge in [-0.2, -0.15) is 0 Å². The molecular weight excluding hydrogens is 338 g/mol. The van der Waals surface area contributed by atoms with Crippen LogP contribution in [0, 0.1) is 6.92 Å². The van der Waals surface area contributed by atoms with Crippen LogP contribution in [0.3, 0.4) is 0 Å². The van der Waals surface area contributed by atoms with Crippen molar-refractivity contribution in [1.29, 1.82) is 0 Å². The van der Waals surface area contributed by atoms with E-state index in [9.17, 15) is 13.2 Å². The van der Waals surface area contributed by atoms with Gasteiger partial charge in [0.15, 0.2) is 0 Å². The summed E-state index contributed by atoms with van der Waals surface area (Å²) in [5.74, 6) is -0.792. The summed E-state index contributed by atoms with van der Waals surface area (Å²) in [6, 6.07) is 11.4. The molecule has 1 heterocycles. The van der Waals surface area contributed by atoms with E-state index in [-0.39, 0.29) is 11.5 Å². The number of sulfonamides is 1. The van der Waals surface area contributed by atoms with Gasteiger partial charge < -0.3 is 4.74 Å². The van der Waals surface area contributed by atoms with Gasteiger partial charge in [-0.15, -0.1) is 0 Å². The molecule has 1 atom stereocenters. The predicted molar refractivity (Wildman–Crippen MR) is 86.2 cm³/mol. The minimum atomic E-state index is -3.93. The SMILES string of the molecule is Cc1ccccc1S(=O)(=O)NC(=O)C1COc2ccc(Cl)cc21. The lowest BCUT2D eigenvalue weighted by Crippen LogP contribution is -2.35. The van der Waals surface area contributed by atoms with Crippen LogP contribution in [-0.4, -0.2) is 20.9 Å². The molecular formula is C16H14ClNO4S. The average Bonchev–Trinajstić information content (AvgIpc) is 2.90. The van der Waals surface area contributed by atoms with Crippen LogP contribution in [0.25, 0.3) is 0 Å². The highest BCUT2D eigenvalue weighted by Gasteiger charge is 2.33. The zero-order chi connectivity index (χ0) is 16.6. The van der Waals surface area contributed by atoms with E-state index in [0.717, 1.165) is 0 Å². The Kier molecular flexibility index (Phi) is 4.04. The Balaban J connectivity index is 1.87. The summed E-state index contributed by atoms with van der Waals surface area (Å²) in [4.78, 5) is 12.5. The first-order valence-corrected chi connectivity index (χ1v) is 8.79. The zero-order valence-electron chi connectivity index (χ0n) is 12.2. The quantitative estimate of drug-likeness (QED) is 0.922. The van der Waals surface area contributed by atoms with Crippen LogP contribution < -0.4 is 9.46 Å². The fraction of sp³-hybridized carbons (Fsp3) is 0.188. The van der Waals surface area contributed by atoms with Crippen molar-refractivity contribution >= 4 is 27.5 Å². The molecule has 0 spiro atoms. The van der Waals surface area contributed by atoms with Gasteiger partial charge in [0.2, 0.25) is 5.91 Å². The molecule has 5 nitrogen and oxygen atoms in total. The normalized spacial score (nSPS) is 16.5. The molecule has 0 aromatic heterocycles. The van der Waals surface area contributed by atoms with E-state index in [4.69, 9.17) is 16.3 Å². The fourth-order valence-electron chi connectivity index (χ4n) is 2.52. The second-order valence-electron chi connectivity index (χ2n) is 5.28. The Labute approximate surface area is 139 Å². The molecule has 1 aliphatic rings. The van der Waals surface area contributed by atoms with Gasteiger partial charge >= 0.3 is 0 Å². The topological polar surface area (TPSA) is 72.5 Å². The van der Waals surface area contributed by atoms with Crippen molar-refractivity contribution in [2.24, 2.45) is 0 Å². The van der Waals surface area contributed by atoms with Gasteiger partial charge in [-0.25, -0.2) is 13.1 Å². The van der Waals surface area contributed by atoms with Gasteiger partial charge in [-0.05, 0) is 36.8 Å². The average molecular weight is 352 g/mol. The monoisotopic (exact) mass is 351 g/mol. The Morgan fingerprint density at radius 3 is 2.74 bits per heavy atom. The molecule has 120 valence electrons. The third kappa shape index (κ3) is 3.04. The van der Waals surface area contributed by atoms with Crippen molar-refractivity contribution in [3.05, 3.63) is 58.6 Å². The maximum absolute atomic E-state index is 12.4. The summed E-state index contributed by atoms with van der Waals surface area (Å²) in [6.07, 6.45) is 0. The fourth-order valence-corrected chi connectivity index (χ4v) is 3.97. The van der Waals surface area contributed by atoms with Crippen molar-refractivity contribution < 1.29 is 17.9 Å². The number of halogens is 1. The first-order chi connectivity index (χ1) is 10.9. The molecule has 0 radical (unpaired) electrons. The van der Waals surface area contributed by atoms with Crippen LogP contribution in [0.2, 0.25) is 5.02 Å². The number of benzene rings is 2. The number of fused-ring (bicyclic) bond motifs is 1. The minimum absolute atomic E-state index is 0.0820. The molecule has 1 N–H and O–H groups in total. The van der Waals surface area contributed by atoms with E-state index in [1.165, 1.54) is 6.07 Å². The molecule has 0 aliphatic carbocycles. The first kappa shape index (κ1) is 15.8. The third-order valence-electron chi connectivity index (χ3n) is 3.69. The van der Waals surface area contributed by atoms with Crippen LogP contribution in [0.5, 0.6) is 5.75 Å². The van der Waals surface area contributed by atoms with Crippen molar-refractivity contribution in [3.63, 3.8) is 0 Å². The highest BCUT2D eigenvalue weighted by molar-refractivity contribution is 7.90. The number of rotatable bonds is 3. The van der Waals surface area contributed by atoms with Gasteiger partial charge in [0.1, 0.15) is 18.3 Å². The largest absolute Gasteiger partial charge is 0.492 e. The summed E-state index contributed by atoms with van der Waals surface area (Å²) in [7, 11) is -3.93. The number of hydrogen-bond donors (Lipinski definition) is 1. The van der Waals surface area contributed by atoms with Crippen LogP contribution in [0.4, 0.5) is 0 Å². The van der Waals surface area contributed by atoms with E-state index in [2.05, 4.69) is 4.72 Å². The van der Waals surface area contributed by atoms with Gasteiger partial charge in [0.05, 0.1) is 4.90 Å². The van der Waals surface area contributed by atoms with E-state index in [0.29, 0.717) is 21.9 Å². The van der Waals surface area contributed by atoms with Crippen LogP contribution in [-0.2, 0) is 14.8 Å². The number of hydrogen-bond acceptors (Lipinski definition) is 4. The first-order valence-electron chi connectivity index (χ1n) is 6.93. The molecule has 0 bridgehead atoms. The minimum Gasteiger partial charge on any atom is -0.492 e. The summed E-state index contributed by atoms with van der Waals surface area (Å²) in [6.45, 7) is 1.76. The second-order valence-corrected chi connectivity index (χ2v) is 7.37. The standard InChI is InChI=1S/C16H14ClNO4S/c1-10-4-2-3-5-15(10)23(20,21)18-16(19)13-9-22-14-7-6-11(17)8-12(13)14/h2-8,13H,9H2,1H3,(H,18,19). The zero-order valence-corrected chi connectivity index (χ0v) is 13.8. The molecule has 1 aliphatic heterocycles. The number of carbonyl (C=O) groups excluding carboxylic acids is 1. The number of aryl methyl sites for hydroxylation is 1. The predicted octanol–water partition coefficient (Wildman–Crippen LogP) is 2.63. The van der Waals surface area contributed by atoms with Crippen LogP contribution in [0.15, 0.2) is 47.4 Å². The van der Waals surface area contributed by atoms with E-state index in [1.807, 2.05) is 0 Å². The maximum Gasteiger partial charge on any atom is 0.264 e. The molecule has 2 aromatic rings. The number of ether oxygens (including phenoxy) is 1. The lowest BCUT2D eigenvalue weighted by atomic mass is 10.0. The van der Waals surface area contributed by atoms with Gasteiger partial charge in [0, 0.05) is 10.6 Å². The van der Waals surface area contributed by atoms with E-state index in [1.54, 1.807) is 43.3 Å². The maximum atomic E-state index is 12.4. The smallest absolute Gasteiger partial charge is 0.264 e. The van der Waals surface area contributed by atoms with Crippen molar-refractivity contribution in [3.8, 4) is 5.75 Å².